The summed E-state index contributed by atoms with van der Waals surface area (Å²) < 4.78 is 0. The van der Waals surface area contributed by atoms with Crippen LogP contribution in [0, 0.1) is 0 Å². The van der Waals surface area contributed by atoms with Crippen molar-refractivity contribution in [3.05, 3.63) is 96.4 Å². The van der Waals surface area contributed by atoms with E-state index in [1.54, 1.807) is 0 Å². The Kier molecular flexibility index (Phi) is 7.02. The van der Waals surface area contributed by atoms with E-state index in [4.69, 9.17) is 0 Å². The van der Waals surface area contributed by atoms with E-state index in [-0.39, 0.29) is 0 Å². The Balaban J connectivity index is 2.11. The van der Waals surface area contributed by atoms with Gasteiger partial charge < -0.3 is 5.32 Å². The molecule has 0 atom stereocenters. The summed E-state index contributed by atoms with van der Waals surface area (Å²) in [5, 5.41) is 3.47. The Labute approximate surface area is 139 Å². The van der Waals surface area contributed by atoms with Crippen molar-refractivity contribution in [2.24, 2.45) is 0 Å². The molecule has 0 radical (unpaired) electrons. The Morgan fingerprint density at radius 2 is 1.96 bits per heavy atom. The molecular formula is C21H24N2. The third kappa shape index (κ3) is 5.35. The van der Waals surface area contributed by atoms with Crippen molar-refractivity contribution in [3.8, 4) is 0 Å². The maximum atomic E-state index is 4.55. The molecule has 1 N–H and O–H groups in total. The predicted molar refractivity (Wildman–Crippen MR) is 98.8 cm³/mol. The molecule has 2 rings (SSSR count). The van der Waals surface area contributed by atoms with Gasteiger partial charge in [0.25, 0.3) is 0 Å². The first-order valence-corrected chi connectivity index (χ1v) is 8.03. The first-order chi connectivity index (χ1) is 11.3. The van der Waals surface area contributed by atoms with Crippen molar-refractivity contribution < 1.29 is 0 Å². The average Bonchev–Trinajstić information content (AvgIpc) is 2.60. The van der Waals surface area contributed by atoms with E-state index in [0.29, 0.717) is 0 Å². The second-order valence-electron chi connectivity index (χ2n) is 5.26. The number of allylic oxidation sites excluding steroid dienone is 5. The molecule has 0 aliphatic heterocycles. The van der Waals surface area contributed by atoms with Crippen LogP contribution in [0.15, 0.2) is 79.5 Å². The third-order valence-electron chi connectivity index (χ3n) is 3.50. The number of nitrogens with zero attached hydrogens (tertiary/aromatic N) is 1. The van der Waals surface area contributed by atoms with Gasteiger partial charge in [0.05, 0.1) is 5.69 Å². The second-order valence-corrected chi connectivity index (χ2v) is 5.26. The fourth-order valence-corrected chi connectivity index (χ4v) is 2.37. The summed E-state index contributed by atoms with van der Waals surface area (Å²) in [5.74, 6) is 0. The van der Waals surface area contributed by atoms with Gasteiger partial charge in [0, 0.05) is 24.8 Å². The molecule has 2 nitrogen and oxygen atoms in total. The van der Waals surface area contributed by atoms with Crippen LogP contribution in [0.2, 0.25) is 0 Å². The lowest BCUT2D eigenvalue weighted by Gasteiger charge is -2.10. The smallest absolute Gasteiger partial charge is 0.0619 e. The molecule has 0 unspecified atom stereocenters. The topological polar surface area (TPSA) is 24.9 Å². The minimum atomic E-state index is 0.736. The van der Waals surface area contributed by atoms with Gasteiger partial charge >= 0.3 is 0 Å². The summed E-state index contributed by atoms with van der Waals surface area (Å²) in [6, 6.07) is 14.5. The van der Waals surface area contributed by atoms with Crippen LogP contribution in [0.5, 0.6) is 0 Å². The normalized spacial score (nSPS) is 11.8. The molecule has 2 heteroatoms. The van der Waals surface area contributed by atoms with Crippen LogP contribution in [-0.4, -0.2) is 4.98 Å². The molecule has 1 aromatic carbocycles. The van der Waals surface area contributed by atoms with Crippen LogP contribution < -0.4 is 5.32 Å². The number of hydrogen-bond donors (Lipinski definition) is 1. The number of nitrogens with one attached hydrogen (secondary N) is 1. The summed E-state index contributed by atoms with van der Waals surface area (Å²) in [6.07, 6.45) is 11.0. The standard InChI is InChI=1S/C21H24N2/c1-3-5-13-19(10-4-2)20-14-9-15-23-21(20)17-22-16-18-11-7-6-8-12-18/h4-15,22H,2-3,16-17H2,1H3/b13-5-,19-10+. The van der Waals surface area contributed by atoms with Crippen molar-refractivity contribution in [1.82, 2.24) is 10.3 Å². The van der Waals surface area contributed by atoms with Crippen molar-refractivity contribution >= 4 is 5.57 Å². The number of hydrogen-bond acceptors (Lipinski definition) is 2. The van der Waals surface area contributed by atoms with Crippen molar-refractivity contribution in [1.29, 1.82) is 0 Å². The Hall–Kier alpha value is -2.45. The minimum absolute atomic E-state index is 0.736. The van der Waals surface area contributed by atoms with Crippen LogP contribution in [0.4, 0.5) is 0 Å². The molecule has 0 saturated heterocycles. The van der Waals surface area contributed by atoms with Crippen LogP contribution in [0.3, 0.4) is 0 Å². The number of benzene rings is 1. The predicted octanol–water partition coefficient (Wildman–Crippen LogP) is 4.91. The highest BCUT2D eigenvalue weighted by Crippen LogP contribution is 2.19. The Bertz CT molecular complexity index is 669. The van der Waals surface area contributed by atoms with Gasteiger partial charge in [-0.3, -0.25) is 4.98 Å². The molecule has 0 aliphatic carbocycles. The molecule has 0 aliphatic rings. The first-order valence-electron chi connectivity index (χ1n) is 8.03. The van der Waals surface area contributed by atoms with Gasteiger partial charge in [-0.2, -0.15) is 0 Å². The van der Waals surface area contributed by atoms with Gasteiger partial charge in [-0.05, 0) is 23.6 Å². The lowest BCUT2D eigenvalue weighted by atomic mass is 10.0. The highest BCUT2D eigenvalue weighted by Gasteiger charge is 2.06. The van der Waals surface area contributed by atoms with E-state index in [0.717, 1.165) is 36.3 Å². The molecule has 2 aromatic rings. The van der Waals surface area contributed by atoms with Gasteiger partial charge in [-0.15, -0.1) is 0 Å². The molecule has 1 aromatic heterocycles. The Morgan fingerprint density at radius 1 is 1.13 bits per heavy atom. The Morgan fingerprint density at radius 3 is 2.70 bits per heavy atom. The molecule has 0 fully saturated rings. The zero-order valence-corrected chi connectivity index (χ0v) is 13.7. The van der Waals surface area contributed by atoms with Gasteiger partial charge in [0.1, 0.15) is 0 Å². The molecule has 1 heterocycles. The van der Waals surface area contributed by atoms with Gasteiger partial charge in [0.15, 0.2) is 0 Å². The van der Waals surface area contributed by atoms with Gasteiger partial charge in [-0.25, -0.2) is 0 Å². The third-order valence-corrected chi connectivity index (χ3v) is 3.50. The SMILES string of the molecule is C=C/C=C(\C=C/CC)c1cccnc1CNCc1ccccc1. The van der Waals surface area contributed by atoms with Crippen LogP contribution in [-0.2, 0) is 13.1 Å². The van der Waals surface area contributed by atoms with Crippen molar-refractivity contribution in [3.63, 3.8) is 0 Å². The highest BCUT2D eigenvalue weighted by atomic mass is 14.9. The monoisotopic (exact) mass is 304 g/mol. The maximum absolute atomic E-state index is 4.55. The zero-order valence-electron chi connectivity index (χ0n) is 13.7. The second kappa shape index (κ2) is 9.54. The summed E-state index contributed by atoms with van der Waals surface area (Å²) in [4.78, 5) is 4.55. The number of aromatic nitrogens is 1. The molecule has 118 valence electrons. The largest absolute Gasteiger partial charge is 0.307 e. The van der Waals surface area contributed by atoms with E-state index in [9.17, 15) is 0 Å². The maximum Gasteiger partial charge on any atom is 0.0619 e. The minimum Gasteiger partial charge on any atom is -0.307 e. The average molecular weight is 304 g/mol. The fourth-order valence-electron chi connectivity index (χ4n) is 2.37. The van der Waals surface area contributed by atoms with Gasteiger partial charge in [-0.1, -0.05) is 74.2 Å². The molecular weight excluding hydrogens is 280 g/mol. The summed E-state index contributed by atoms with van der Waals surface area (Å²) in [7, 11) is 0. The van der Waals surface area contributed by atoms with Crippen LogP contribution in [0.25, 0.3) is 5.57 Å². The molecule has 0 saturated carbocycles. The first kappa shape index (κ1) is 16.9. The van der Waals surface area contributed by atoms with Crippen LogP contribution in [0.1, 0.15) is 30.2 Å². The lowest BCUT2D eigenvalue weighted by Crippen LogP contribution is -2.15. The van der Waals surface area contributed by atoms with E-state index in [1.165, 1.54) is 5.56 Å². The number of rotatable bonds is 8. The zero-order chi connectivity index (χ0) is 16.3. The molecule has 0 amide bonds. The summed E-state index contributed by atoms with van der Waals surface area (Å²) >= 11 is 0. The molecule has 0 bridgehead atoms. The van der Waals surface area contributed by atoms with Gasteiger partial charge in [0.2, 0.25) is 0 Å². The van der Waals surface area contributed by atoms with E-state index in [1.807, 2.05) is 30.5 Å². The summed E-state index contributed by atoms with van der Waals surface area (Å²) in [6.45, 7) is 7.52. The highest BCUT2D eigenvalue weighted by molar-refractivity contribution is 5.76. The lowest BCUT2D eigenvalue weighted by molar-refractivity contribution is 0.678. The van der Waals surface area contributed by atoms with Crippen molar-refractivity contribution in [2.45, 2.75) is 26.4 Å². The van der Waals surface area contributed by atoms with Crippen LogP contribution >= 0.6 is 0 Å². The van der Waals surface area contributed by atoms with Crippen molar-refractivity contribution in [2.75, 3.05) is 0 Å². The van der Waals surface area contributed by atoms with E-state index < -0.39 is 0 Å². The summed E-state index contributed by atoms with van der Waals surface area (Å²) in [5.41, 5.74) is 4.62. The molecule has 0 spiro atoms. The van der Waals surface area contributed by atoms with E-state index >= 15 is 0 Å². The molecule has 23 heavy (non-hydrogen) atoms. The quantitative estimate of drug-likeness (QED) is 0.701. The fraction of sp³-hybridized carbons (Fsp3) is 0.190. The number of pyridine rings is 1. The van der Waals surface area contributed by atoms with E-state index in [2.05, 4.69) is 66.3 Å².